The van der Waals surface area contributed by atoms with Crippen molar-refractivity contribution in [1.29, 1.82) is 0 Å². The molecule has 1 aromatic carbocycles. The normalized spacial score (nSPS) is 12.2. The molecule has 1 aromatic rings. The Bertz CT molecular complexity index is 497. The van der Waals surface area contributed by atoms with Crippen molar-refractivity contribution in [3.8, 4) is 5.75 Å². The first kappa shape index (κ1) is 16.8. The predicted octanol–water partition coefficient (Wildman–Crippen LogP) is 0.404. The number of ether oxygens (including phenoxy) is 1. The van der Waals surface area contributed by atoms with Crippen LogP contribution in [0.3, 0.4) is 0 Å². The Morgan fingerprint density at radius 1 is 1.33 bits per heavy atom. The van der Waals surface area contributed by atoms with E-state index in [0.29, 0.717) is 24.5 Å². The summed E-state index contributed by atoms with van der Waals surface area (Å²) in [6, 6.07) is 6.88. The van der Waals surface area contributed by atoms with Crippen LogP contribution in [0.15, 0.2) is 29.4 Å². The number of hydrogen-bond donors (Lipinski definition) is 4. The minimum Gasteiger partial charge on any atom is -0.492 e. The first-order valence-electron chi connectivity index (χ1n) is 6.58. The number of hydrogen-bond acceptors (Lipinski definition) is 5. The van der Waals surface area contributed by atoms with E-state index in [9.17, 15) is 4.79 Å². The maximum atomic E-state index is 10.9. The highest BCUT2D eigenvalue weighted by molar-refractivity contribution is 5.97. The van der Waals surface area contributed by atoms with Gasteiger partial charge in [0.15, 0.2) is 5.84 Å². The molecule has 0 fully saturated rings. The lowest BCUT2D eigenvalue weighted by atomic mass is 10.0. The maximum Gasteiger partial charge on any atom is 0.219 e. The molecular formula is C14H22N4O3. The van der Waals surface area contributed by atoms with Crippen molar-refractivity contribution < 1.29 is 14.7 Å². The van der Waals surface area contributed by atoms with Crippen molar-refractivity contribution in [3.63, 3.8) is 0 Å². The van der Waals surface area contributed by atoms with Gasteiger partial charge in [0.2, 0.25) is 5.91 Å². The number of benzene rings is 1. The van der Waals surface area contributed by atoms with Gasteiger partial charge < -0.3 is 26.7 Å². The Balaban J connectivity index is 2.38. The summed E-state index contributed by atoms with van der Waals surface area (Å²) >= 11 is 0. The number of amidine groups is 1. The van der Waals surface area contributed by atoms with Crippen molar-refractivity contribution in [2.75, 3.05) is 13.2 Å². The zero-order chi connectivity index (χ0) is 15.9. The van der Waals surface area contributed by atoms with Crippen LogP contribution in [0.5, 0.6) is 5.75 Å². The molecule has 0 atom stereocenters. The van der Waals surface area contributed by atoms with Crippen molar-refractivity contribution in [1.82, 2.24) is 5.32 Å². The molecule has 0 aliphatic carbocycles. The van der Waals surface area contributed by atoms with Gasteiger partial charge in [-0.05, 0) is 38.1 Å². The molecule has 0 aliphatic rings. The Morgan fingerprint density at radius 3 is 2.48 bits per heavy atom. The highest BCUT2D eigenvalue weighted by atomic mass is 16.5. The average molecular weight is 294 g/mol. The van der Waals surface area contributed by atoms with Gasteiger partial charge in [-0.15, -0.1) is 0 Å². The van der Waals surface area contributed by atoms with Crippen LogP contribution in [0.1, 0.15) is 25.8 Å². The first-order valence-corrected chi connectivity index (χ1v) is 6.58. The maximum absolute atomic E-state index is 10.9. The fraction of sp³-hybridized carbons (Fsp3) is 0.429. The van der Waals surface area contributed by atoms with Crippen molar-refractivity contribution >= 4 is 11.7 Å². The Hall–Kier alpha value is -2.28. The monoisotopic (exact) mass is 294 g/mol. The van der Waals surface area contributed by atoms with E-state index in [1.807, 2.05) is 13.8 Å². The third-order valence-electron chi connectivity index (χ3n) is 2.85. The molecule has 0 spiro atoms. The molecule has 7 heteroatoms. The Morgan fingerprint density at radius 2 is 1.95 bits per heavy atom. The van der Waals surface area contributed by atoms with E-state index < -0.39 is 0 Å². The van der Waals surface area contributed by atoms with E-state index in [2.05, 4.69) is 10.5 Å². The van der Waals surface area contributed by atoms with Gasteiger partial charge in [0, 0.05) is 24.1 Å². The Kier molecular flexibility index (Phi) is 5.98. The lowest BCUT2D eigenvalue weighted by Crippen LogP contribution is -2.44. The second-order valence-electron chi connectivity index (χ2n) is 5.31. The smallest absolute Gasteiger partial charge is 0.219 e. The second-order valence-corrected chi connectivity index (χ2v) is 5.31. The van der Waals surface area contributed by atoms with E-state index in [1.54, 1.807) is 24.3 Å². The van der Waals surface area contributed by atoms with E-state index in [-0.39, 0.29) is 23.7 Å². The van der Waals surface area contributed by atoms with Crippen LogP contribution in [0.25, 0.3) is 0 Å². The third-order valence-corrected chi connectivity index (χ3v) is 2.85. The van der Waals surface area contributed by atoms with Gasteiger partial charge in [-0.25, -0.2) is 0 Å². The number of carbonyl (C=O) groups is 1. The summed E-state index contributed by atoms with van der Waals surface area (Å²) in [7, 11) is 0. The van der Waals surface area contributed by atoms with Crippen LogP contribution in [0.4, 0.5) is 0 Å². The first-order chi connectivity index (χ1) is 9.84. The molecular weight excluding hydrogens is 272 g/mol. The summed E-state index contributed by atoms with van der Waals surface area (Å²) in [4.78, 5) is 10.9. The summed E-state index contributed by atoms with van der Waals surface area (Å²) in [5, 5.41) is 14.7. The topological polar surface area (TPSA) is 123 Å². The molecule has 0 radical (unpaired) electrons. The molecule has 0 unspecified atom stereocenters. The molecule has 7 nitrogen and oxygen atoms in total. The molecule has 0 aromatic heterocycles. The van der Waals surface area contributed by atoms with Crippen LogP contribution >= 0.6 is 0 Å². The Labute approximate surface area is 123 Å². The lowest BCUT2D eigenvalue weighted by Gasteiger charge is -2.24. The standard InChI is InChI=1S/C14H22N4O3/c1-14(2,9-12(15)19)17-7-8-21-11-5-3-10(4-6-11)13(16)18-20/h3-6,17,20H,7-9H2,1-2H3,(H2,15,19)(H2,16,18). The molecule has 0 saturated heterocycles. The van der Waals surface area contributed by atoms with Crippen molar-refractivity contribution in [2.45, 2.75) is 25.8 Å². The average Bonchev–Trinajstić information content (AvgIpc) is 2.42. The summed E-state index contributed by atoms with van der Waals surface area (Å²) < 4.78 is 5.55. The molecule has 116 valence electrons. The molecule has 0 heterocycles. The highest BCUT2D eigenvalue weighted by Gasteiger charge is 2.19. The van der Waals surface area contributed by atoms with Crippen molar-refractivity contribution in [3.05, 3.63) is 29.8 Å². The minimum atomic E-state index is -0.356. The summed E-state index contributed by atoms with van der Waals surface area (Å²) in [5.74, 6) is 0.391. The van der Waals surface area contributed by atoms with E-state index in [0.717, 1.165) is 0 Å². The van der Waals surface area contributed by atoms with E-state index in [1.165, 1.54) is 0 Å². The van der Waals surface area contributed by atoms with Gasteiger partial charge in [0.05, 0.1) is 0 Å². The quantitative estimate of drug-likeness (QED) is 0.182. The van der Waals surface area contributed by atoms with Gasteiger partial charge in [0.25, 0.3) is 0 Å². The number of primary amides is 1. The SMILES string of the molecule is CC(C)(CC(N)=O)NCCOc1ccc(/C(N)=N/O)cc1. The minimum absolute atomic E-state index is 0.0522. The third kappa shape index (κ3) is 6.13. The summed E-state index contributed by atoms with van der Waals surface area (Å²) in [6.07, 6.45) is 0.265. The summed E-state index contributed by atoms with van der Waals surface area (Å²) in [5.41, 5.74) is 10.9. The lowest BCUT2D eigenvalue weighted by molar-refractivity contribution is -0.119. The van der Waals surface area contributed by atoms with Gasteiger partial charge in [-0.2, -0.15) is 0 Å². The molecule has 0 saturated carbocycles. The summed E-state index contributed by atoms with van der Waals surface area (Å²) in [6.45, 7) is 4.85. The van der Waals surface area contributed by atoms with Gasteiger partial charge in [-0.1, -0.05) is 5.16 Å². The fourth-order valence-corrected chi connectivity index (χ4v) is 1.84. The molecule has 21 heavy (non-hydrogen) atoms. The van der Waals surface area contributed by atoms with Crippen LogP contribution in [0, 0.1) is 0 Å². The number of carbonyl (C=O) groups excluding carboxylic acids is 1. The van der Waals surface area contributed by atoms with Gasteiger partial charge >= 0.3 is 0 Å². The van der Waals surface area contributed by atoms with Crippen LogP contribution in [-0.4, -0.2) is 35.6 Å². The molecule has 1 rings (SSSR count). The zero-order valence-electron chi connectivity index (χ0n) is 12.3. The number of nitrogens with two attached hydrogens (primary N) is 2. The highest BCUT2D eigenvalue weighted by Crippen LogP contribution is 2.12. The van der Waals surface area contributed by atoms with Gasteiger partial charge in [-0.3, -0.25) is 4.79 Å². The van der Waals surface area contributed by atoms with Crippen molar-refractivity contribution in [2.24, 2.45) is 16.6 Å². The zero-order valence-corrected chi connectivity index (χ0v) is 12.3. The van der Waals surface area contributed by atoms with E-state index >= 15 is 0 Å². The second kappa shape index (κ2) is 7.49. The van der Waals surface area contributed by atoms with Crippen LogP contribution in [0.2, 0.25) is 0 Å². The van der Waals surface area contributed by atoms with Crippen LogP contribution in [-0.2, 0) is 4.79 Å². The van der Waals surface area contributed by atoms with Crippen LogP contribution < -0.4 is 21.5 Å². The number of nitrogens with zero attached hydrogens (tertiary/aromatic N) is 1. The van der Waals surface area contributed by atoms with Gasteiger partial charge in [0.1, 0.15) is 12.4 Å². The molecule has 6 N–H and O–H groups in total. The molecule has 0 bridgehead atoms. The number of oxime groups is 1. The largest absolute Gasteiger partial charge is 0.492 e. The number of rotatable bonds is 8. The molecule has 0 aliphatic heterocycles. The predicted molar refractivity (Wildman–Crippen MR) is 80.3 cm³/mol. The van der Waals surface area contributed by atoms with E-state index in [4.69, 9.17) is 21.4 Å². The number of amides is 1. The number of nitrogens with one attached hydrogen (secondary N) is 1. The molecule has 1 amide bonds. The fourth-order valence-electron chi connectivity index (χ4n) is 1.84.